The van der Waals surface area contributed by atoms with Crippen LogP contribution in [-0.2, 0) is 6.42 Å². The molecule has 0 bridgehead atoms. The number of aliphatic hydroxyl groups is 1. The van der Waals surface area contributed by atoms with Gasteiger partial charge in [-0.2, -0.15) is 0 Å². The molecule has 0 radical (unpaired) electrons. The Morgan fingerprint density at radius 1 is 0.950 bits per heavy atom. The third-order valence-corrected chi connectivity index (χ3v) is 2.97. The highest BCUT2D eigenvalue weighted by Gasteiger charge is 2.02. The zero-order chi connectivity index (χ0) is 13.8. The number of hydrogen-bond acceptors (Lipinski definition) is 4. The van der Waals surface area contributed by atoms with Crippen molar-refractivity contribution < 1.29 is 9.84 Å². The Kier molecular flexibility index (Phi) is 3.56. The molecule has 1 N–H and O–H groups in total. The van der Waals surface area contributed by atoms with Crippen molar-refractivity contribution in [2.75, 3.05) is 6.61 Å². The van der Waals surface area contributed by atoms with Gasteiger partial charge in [0.15, 0.2) is 0 Å². The number of hydrogen-bond donors (Lipinski definition) is 1. The minimum atomic E-state index is 0.149. The lowest BCUT2D eigenvalue weighted by atomic mass is 10.1. The predicted octanol–water partition coefficient (Wildman–Crippen LogP) is 2.96. The predicted molar refractivity (Wildman–Crippen MR) is 76.8 cm³/mol. The van der Waals surface area contributed by atoms with E-state index in [4.69, 9.17) is 9.84 Å². The zero-order valence-corrected chi connectivity index (χ0v) is 10.9. The van der Waals surface area contributed by atoms with E-state index in [2.05, 4.69) is 9.97 Å². The second-order valence-electron chi connectivity index (χ2n) is 4.42. The average molecular weight is 266 g/mol. The highest BCUT2D eigenvalue weighted by Crippen LogP contribution is 2.21. The smallest absolute Gasteiger partial charge is 0.238 e. The van der Waals surface area contributed by atoms with Crippen LogP contribution < -0.4 is 4.74 Å². The molecule has 0 aliphatic heterocycles. The first-order valence-electron chi connectivity index (χ1n) is 6.44. The molecule has 0 aliphatic rings. The van der Waals surface area contributed by atoms with Gasteiger partial charge in [0.2, 0.25) is 5.88 Å². The van der Waals surface area contributed by atoms with E-state index in [1.807, 2.05) is 48.5 Å². The van der Waals surface area contributed by atoms with Crippen molar-refractivity contribution in [3.8, 4) is 11.6 Å². The summed E-state index contributed by atoms with van der Waals surface area (Å²) in [5, 5.41) is 8.88. The molecule has 20 heavy (non-hydrogen) atoms. The fraction of sp³-hybridized carbons (Fsp3) is 0.125. The van der Waals surface area contributed by atoms with E-state index in [0.717, 1.165) is 16.6 Å². The maximum absolute atomic E-state index is 8.88. The topological polar surface area (TPSA) is 55.2 Å². The Morgan fingerprint density at radius 3 is 2.45 bits per heavy atom. The van der Waals surface area contributed by atoms with E-state index in [9.17, 15) is 0 Å². The van der Waals surface area contributed by atoms with Crippen LogP contribution in [0, 0.1) is 0 Å². The van der Waals surface area contributed by atoms with Crippen molar-refractivity contribution >= 4 is 11.0 Å². The molecule has 100 valence electrons. The van der Waals surface area contributed by atoms with Crippen molar-refractivity contribution in [3.05, 3.63) is 60.3 Å². The number of aromatic nitrogens is 2. The first-order valence-corrected chi connectivity index (χ1v) is 6.44. The summed E-state index contributed by atoms with van der Waals surface area (Å²) in [4.78, 5) is 8.71. The summed E-state index contributed by atoms with van der Waals surface area (Å²) in [6, 6.07) is 15.3. The first kappa shape index (κ1) is 12.6. The van der Waals surface area contributed by atoms with Gasteiger partial charge in [-0.15, -0.1) is 0 Å². The summed E-state index contributed by atoms with van der Waals surface area (Å²) < 4.78 is 5.68. The van der Waals surface area contributed by atoms with Gasteiger partial charge in [-0.05, 0) is 36.2 Å². The molecule has 0 saturated carbocycles. The van der Waals surface area contributed by atoms with Gasteiger partial charge in [-0.25, -0.2) is 9.97 Å². The average Bonchev–Trinajstić information content (AvgIpc) is 2.49. The quantitative estimate of drug-likeness (QED) is 0.788. The molecular formula is C16H14N2O2. The summed E-state index contributed by atoms with van der Waals surface area (Å²) in [5.74, 6) is 1.18. The molecule has 4 nitrogen and oxygen atoms in total. The fourth-order valence-corrected chi connectivity index (χ4v) is 1.96. The summed E-state index contributed by atoms with van der Waals surface area (Å²) >= 11 is 0. The van der Waals surface area contributed by atoms with Crippen LogP contribution in [0.5, 0.6) is 11.6 Å². The summed E-state index contributed by atoms with van der Waals surface area (Å²) in [5.41, 5.74) is 2.73. The summed E-state index contributed by atoms with van der Waals surface area (Å²) in [6.07, 6.45) is 2.26. The maximum atomic E-state index is 8.88. The van der Waals surface area contributed by atoms with Gasteiger partial charge in [0.25, 0.3) is 0 Å². The van der Waals surface area contributed by atoms with Crippen molar-refractivity contribution in [2.45, 2.75) is 6.42 Å². The molecule has 1 aromatic heterocycles. The molecule has 3 aromatic rings. The largest absolute Gasteiger partial charge is 0.437 e. The molecule has 3 rings (SSSR count). The van der Waals surface area contributed by atoms with Crippen LogP contribution in [0.4, 0.5) is 0 Å². The van der Waals surface area contributed by atoms with Crippen LogP contribution in [0.25, 0.3) is 11.0 Å². The third-order valence-electron chi connectivity index (χ3n) is 2.97. The maximum Gasteiger partial charge on any atom is 0.238 e. The lowest BCUT2D eigenvalue weighted by Gasteiger charge is -2.06. The Morgan fingerprint density at radius 2 is 1.70 bits per heavy atom. The Bertz CT molecular complexity index is 711. The highest BCUT2D eigenvalue weighted by molar-refractivity contribution is 5.74. The van der Waals surface area contributed by atoms with Crippen LogP contribution >= 0.6 is 0 Å². The van der Waals surface area contributed by atoms with E-state index in [1.54, 1.807) is 6.20 Å². The number of fused-ring (bicyclic) bond motifs is 1. The van der Waals surface area contributed by atoms with E-state index < -0.39 is 0 Å². The minimum Gasteiger partial charge on any atom is -0.437 e. The standard InChI is InChI=1S/C16H14N2O2/c19-10-9-12-5-7-13(8-6-12)20-16-11-17-14-3-1-2-4-15(14)18-16/h1-8,11,19H,9-10H2. The van der Waals surface area contributed by atoms with Gasteiger partial charge in [0.05, 0.1) is 17.2 Å². The number of nitrogens with zero attached hydrogens (tertiary/aromatic N) is 2. The molecule has 2 aromatic carbocycles. The lowest BCUT2D eigenvalue weighted by Crippen LogP contribution is -1.92. The Hall–Kier alpha value is -2.46. The number of benzene rings is 2. The van der Waals surface area contributed by atoms with Crippen LogP contribution in [0.3, 0.4) is 0 Å². The molecule has 0 saturated heterocycles. The zero-order valence-electron chi connectivity index (χ0n) is 10.9. The summed E-state index contributed by atoms with van der Waals surface area (Å²) in [7, 11) is 0. The van der Waals surface area contributed by atoms with E-state index in [1.165, 1.54) is 0 Å². The number of aliphatic hydroxyl groups excluding tert-OH is 1. The van der Waals surface area contributed by atoms with Crippen molar-refractivity contribution in [1.29, 1.82) is 0 Å². The van der Waals surface area contributed by atoms with Gasteiger partial charge in [0.1, 0.15) is 5.75 Å². The van der Waals surface area contributed by atoms with Gasteiger partial charge in [0, 0.05) is 6.61 Å². The van der Waals surface area contributed by atoms with Crippen LogP contribution in [-0.4, -0.2) is 21.7 Å². The minimum absolute atomic E-state index is 0.149. The first-order chi connectivity index (χ1) is 9.85. The SMILES string of the molecule is OCCc1ccc(Oc2cnc3ccccc3n2)cc1. The second-order valence-corrected chi connectivity index (χ2v) is 4.42. The van der Waals surface area contributed by atoms with Gasteiger partial charge >= 0.3 is 0 Å². The van der Waals surface area contributed by atoms with Gasteiger partial charge in [-0.3, -0.25) is 0 Å². The van der Waals surface area contributed by atoms with Crippen LogP contribution in [0.1, 0.15) is 5.56 Å². The van der Waals surface area contributed by atoms with Gasteiger partial charge < -0.3 is 9.84 Å². The third kappa shape index (κ3) is 2.75. The molecule has 0 atom stereocenters. The van der Waals surface area contributed by atoms with Crippen molar-refractivity contribution in [3.63, 3.8) is 0 Å². The molecule has 4 heteroatoms. The highest BCUT2D eigenvalue weighted by atomic mass is 16.5. The molecule has 0 amide bonds. The normalized spacial score (nSPS) is 10.7. The van der Waals surface area contributed by atoms with E-state index >= 15 is 0 Å². The van der Waals surface area contributed by atoms with Crippen molar-refractivity contribution in [2.24, 2.45) is 0 Å². The number of para-hydroxylation sites is 2. The number of rotatable bonds is 4. The van der Waals surface area contributed by atoms with Gasteiger partial charge in [-0.1, -0.05) is 24.3 Å². The monoisotopic (exact) mass is 266 g/mol. The number of ether oxygens (including phenoxy) is 1. The Labute approximate surface area is 116 Å². The molecule has 0 unspecified atom stereocenters. The second kappa shape index (κ2) is 5.67. The van der Waals surface area contributed by atoms with E-state index in [0.29, 0.717) is 18.1 Å². The van der Waals surface area contributed by atoms with Crippen molar-refractivity contribution in [1.82, 2.24) is 9.97 Å². The molecule has 1 heterocycles. The lowest BCUT2D eigenvalue weighted by molar-refractivity contribution is 0.299. The molecule has 0 spiro atoms. The fourth-order valence-electron chi connectivity index (χ4n) is 1.96. The van der Waals surface area contributed by atoms with Crippen LogP contribution in [0.15, 0.2) is 54.7 Å². The van der Waals surface area contributed by atoms with E-state index in [-0.39, 0.29) is 6.61 Å². The van der Waals surface area contributed by atoms with Crippen LogP contribution in [0.2, 0.25) is 0 Å². The summed E-state index contributed by atoms with van der Waals surface area (Å²) in [6.45, 7) is 0.149. The Balaban J connectivity index is 1.81. The molecule has 0 fully saturated rings. The molecular weight excluding hydrogens is 252 g/mol. The molecule has 0 aliphatic carbocycles.